The van der Waals surface area contributed by atoms with Gasteiger partial charge in [-0.3, -0.25) is 0 Å². The van der Waals surface area contributed by atoms with Gasteiger partial charge in [0.1, 0.15) is 5.60 Å². The van der Waals surface area contributed by atoms with Crippen LogP contribution in [0.5, 0.6) is 0 Å². The van der Waals surface area contributed by atoms with Gasteiger partial charge in [0, 0.05) is 32.8 Å². The molecule has 3 unspecified atom stereocenters. The van der Waals surface area contributed by atoms with Gasteiger partial charge in [-0.25, -0.2) is 4.79 Å². The lowest BCUT2D eigenvalue weighted by Crippen LogP contribution is -2.40. The third-order valence-electron chi connectivity index (χ3n) is 3.86. The third kappa shape index (κ3) is 5.29. The molecule has 1 saturated heterocycles. The fraction of sp³-hybridized carbons (Fsp3) is 0.933. The number of likely N-dealkylation sites (tertiary alicyclic amines) is 1. The van der Waals surface area contributed by atoms with Gasteiger partial charge in [0.25, 0.3) is 0 Å². The van der Waals surface area contributed by atoms with Crippen molar-refractivity contribution in [3.8, 4) is 0 Å². The van der Waals surface area contributed by atoms with Crippen molar-refractivity contribution in [2.75, 3.05) is 26.8 Å². The largest absolute Gasteiger partial charge is 0.444 e. The Morgan fingerprint density at radius 2 is 2.10 bits per heavy atom. The average Bonchev–Trinajstić information content (AvgIpc) is 2.82. The van der Waals surface area contributed by atoms with Gasteiger partial charge in [0.05, 0.1) is 0 Å². The van der Waals surface area contributed by atoms with E-state index in [-0.39, 0.29) is 12.1 Å². The monoisotopic (exact) mass is 286 g/mol. The standard InChI is InChI=1S/C15H30N2O3/c1-11(7-9-19-5)13(16)12-6-8-17(10-12)14(18)20-15(2,3)4/h11-13H,6-10,16H2,1-5H3. The highest BCUT2D eigenvalue weighted by atomic mass is 16.6. The summed E-state index contributed by atoms with van der Waals surface area (Å²) in [5, 5.41) is 0. The quantitative estimate of drug-likeness (QED) is 0.842. The van der Waals surface area contributed by atoms with Crippen molar-refractivity contribution in [2.24, 2.45) is 17.6 Å². The Bertz CT molecular complexity index is 315. The maximum absolute atomic E-state index is 12.0. The van der Waals surface area contributed by atoms with E-state index >= 15 is 0 Å². The maximum Gasteiger partial charge on any atom is 0.410 e. The number of hydrogen-bond donors (Lipinski definition) is 1. The molecule has 0 saturated carbocycles. The Morgan fingerprint density at radius 3 is 2.65 bits per heavy atom. The van der Waals surface area contributed by atoms with Gasteiger partial charge < -0.3 is 20.1 Å². The van der Waals surface area contributed by atoms with Gasteiger partial charge in [0.15, 0.2) is 0 Å². The maximum atomic E-state index is 12.0. The summed E-state index contributed by atoms with van der Waals surface area (Å²) < 4.78 is 10.5. The molecule has 1 amide bonds. The molecule has 118 valence electrons. The number of amides is 1. The van der Waals surface area contributed by atoms with Crippen molar-refractivity contribution in [3.05, 3.63) is 0 Å². The summed E-state index contributed by atoms with van der Waals surface area (Å²) in [7, 11) is 1.71. The molecule has 3 atom stereocenters. The number of nitrogens with zero attached hydrogens (tertiary/aromatic N) is 1. The van der Waals surface area contributed by atoms with Crippen LogP contribution in [0.1, 0.15) is 40.5 Å². The van der Waals surface area contributed by atoms with Gasteiger partial charge in [-0.15, -0.1) is 0 Å². The minimum Gasteiger partial charge on any atom is -0.444 e. The van der Waals surface area contributed by atoms with Crippen LogP contribution < -0.4 is 5.73 Å². The van der Waals surface area contributed by atoms with E-state index in [2.05, 4.69) is 6.92 Å². The van der Waals surface area contributed by atoms with E-state index in [1.807, 2.05) is 20.8 Å². The first-order chi connectivity index (χ1) is 9.24. The van der Waals surface area contributed by atoms with Crippen molar-refractivity contribution in [3.63, 3.8) is 0 Å². The van der Waals surface area contributed by atoms with Crippen LogP contribution in [0.2, 0.25) is 0 Å². The molecule has 2 N–H and O–H groups in total. The summed E-state index contributed by atoms with van der Waals surface area (Å²) >= 11 is 0. The molecule has 1 fully saturated rings. The molecule has 0 aliphatic carbocycles. The first kappa shape index (κ1) is 17.2. The highest BCUT2D eigenvalue weighted by Crippen LogP contribution is 2.25. The van der Waals surface area contributed by atoms with Crippen LogP contribution in [0.3, 0.4) is 0 Å². The Kier molecular flexibility index (Phi) is 6.27. The first-order valence-corrected chi connectivity index (χ1v) is 7.47. The molecular weight excluding hydrogens is 256 g/mol. The van der Waals surface area contributed by atoms with E-state index in [9.17, 15) is 4.79 Å². The third-order valence-corrected chi connectivity index (χ3v) is 3.86. The fourth-order valence-corrected chi connectivity index (χ4v) is 2.55. The lowest BCUT2D eigenvalue weighted by atomic mass is 9.88. The molecule has 20 heavy (non-hydrogen) atoms. The van der Waals surface area contributed by atoms with Crippen LogP contribution in [-0.4, -0.2) is 49.4 Å². The number of ether oxygens (including phenoxy) is 2. The molecule has 0 aromatic rings. The van der Waals surface area contributed by atoms with Crippen LogP contribution in [0.4, 0.5) is 4.79 Å². The Hall–Kier alpha value is -0.810. The zero-order chi connectivity index (χ0) is 15.3. The minimum atomic E-state index is -0.441. The molecule has 1 aliphatic heterocycles. The number of rotatable bonds is 5. The second-order valence-corrected chi connectivity index (χ2v) is 6.81. The number of carbonyl (C=O) groups excluding carboxylic acids is 1. The highest BCUT2D eigenvalue weighted by Gasteiger charge is 2.34. The van der Waals surface area contributed by atoms with Crippen LogP contribution in [0.15, 0.2) is 0 Å². The Labute approximate surface area is 122 Å². The summed E-state index contributed by atoms with van der Waals surface area (Å²) in [6.45, 7) is 9.99. The van der Waals surface area contributed by atoms with Crippen molar-refractivity contribution < 1.29 is 14.3 Å². The van der Waals surface area contributed by atoms with Gasteiger partial charge in [-0.1, -0.05) is 6.92 Å². The smallest absolute Gasteiger partial charge is 0.410 e. The summed E-state index contributed by atoms with van der Waals surface area (Å²) in [5.74, 6) is 0.757. The van der Waals surface area contributed by atoms with E-state index in [1.54, 1.807) is 12.0 Å². The number of nitrogens with two attached hydrogens (primary N) is 1. The van der Waals surface area contributed by atoms with E-state index in [4.69, 9.17) is 15.2 Å². The summed E-state index contributed by atoms with van der Waals surface area (Å²) in [6, 6.07) is 0.109. The Morgan fingerprint density at radius 1 is 1.45 bits per heavy atom. The van der Waals surface area contributed by atoms with E-state index in [1.165, 1.54) is 0 Å². The topological polar surface area (TPSA) is 64.8 Å². The van der Waals surface area contributed by atoms with Crippen LogP contribution >= 0.6 is 0 Å². The van der Waals surface area contributed by atoms with Crippen molar-refractivity contribution in [1.82, 2.24) is 4.90 Å². The molecule has 0 aromatic heterocycles. The van der Waals surface area contributed by atoms with Crippen LogP contribution in [0, 0.1) is 11.8 Å². The molecular formula is C15H30N2O3. The van der Waals surface area contributed by atoms with Crippen LogP contribution in [0.25, 0.3) is 0 Å². The molecule has 0 aromatic carbocycles. The number of methoxy groups -OCH3 is 1. The predicted molar refractivity (Wildman–Crippen MR) is 79.5 cm³/mol. The highest BCUT2D eigenvalue weighted by molar-refractivity contribution is 5.68. The molecule has 1 aliphatic rings. The van der Waals surface area contributed by atoms with E-state index in [0.717, 1.165) is 26.0 Å². The van der Waals surface area contributed by atoms with Gasteiger partial charge >= 0.3 is 6.09 Å². The van der Waals surface area contributed by atoms with Crippen LogP contribution in [-0.2, 0) is 9.47 Å². The van der Waals surface area contributed by atoms with E-state index < -0.39 is 5.60 Å². The predicted octanol–water partition coefficient (Wildman–Crippen LogP) is 2.24. The SMILES string of the molecule is COCCC(C)C(N)C1CCN(C(=O)OC(C)(C)C)C1. The molecule has 1 rings (SSSR count). The van der Waals surface area contributed by atoms with E-state index in [0.29, 0.717) is 18.4 Å². The zero-order valence-electron chi connectivity index (χ0n) is 13.5. The zero-order valence-corrected chi connectivity index (χ0v) is 13.5. The molecule has 5 heteroatoms. The summed E-state index contributed by atoms with van der Waals surface area (Å²) in [5.41, 5.74) is 5.88. The second-order valence-electron chi connectivity index (χ2n) is 6.81. The fourth-order valence-electron chi connectivity index (χ4n) is 2.55. The van der Waals surface area contributed by atoms with Gasteiger partial charge in [0.2, 0.25) is 0 Å². The van der Waals surface area contributed by atoms with Gasteiger partial charge in [-0.05, 0) is 45.4 Å². The molecule has 1 heterocycles. The molecule has 0 spiro atoms. The summed E-state index contributed by atoms with van der Waals surface area (Å²) in [4.78, 5) is 13.8. The first-order valence-electron chi connectivity index (χ1n) is 7.47. The number of hydrogen-bond acceptors (Lipinski definition) is 4. The number of carbonyl (C=O) groups is 1. The van der Waals surface area contributed by atoms with Crippen molar-refractivity contribution in [1.29, 1.82) is 0 Å². The second kappa shape index (κ2) is 7.27. The summed E-state index contributed by atoms with van der Waals surface area (Å²) in [6.07, 6.45) is 1.69. The van der Waals surface area contributed by atoms with Gasteiger partial charge in [-0.2, -0.15) is 0 Å². The Balaban J connectivity index is 2.44. The lowest BCUT2D eigenvalue weighted by Gasteiger charge is -2.27. The normalized spacial score (nSPS) is 22.7. The minimum absolute atomic E-state index is 0.109. The molecule has 0 radical (unpaired) electrons. The van der Waals surface area contributed by atoms with Crippen molar-refractivity contribution in [2.45, 2.75) is 52.2 Å². The molecule has 5 nitrogen and oxygen atoms in total. The molecule has 0 bridgehead atoms. The lowest BCUT2D eigenvalue weighted by molar-refractivity contribution is 0.0284. The van der Waals surface area contributed by atoms with Crippen molar-refractivity contribution >= 4 is 6.09 Å². The average molecular weight is 286 g/mol.